The third-order valence-corrected chi connectivity index (χ3v) is 2.32. The lowest BCUT2D eigenvalue weighted by molar-refractivity contribution is -0.386. The van der Waals surface area contributed by atoms with Gasteiger partial charge in [-0.05, 0) is 23.8 Å². The van der Waals surface area contributed by atoms with Crippen LogP contribution in [0, 0.1) is 10.1 Å². The van der Waals surface area contributed by atoms with Crippen molar-refractivity contribution in [2.24, 2.45) is 5.73 Å². The van der Waals surface area contributed by atoms with Gasteiger partial charge in [-0.25, -0.2) is 4.98 Å². The highest BCUT2D eigenvalue weighted by molar-refractivity contribution is 5.42. The van der Waals surface area contributed by atoms with Crippen LogP contribution in [0.1, 0.15) is 5.56 Å². The van der Waals surface area contributed by atoms with Crippen molar-refractivity contribution in [3.8, 4) is 11.6 Å². The van der Waals surface area contributed by atoms with Crippen LogP contribution >= 0.6 is 0 Å². The lowest BCUT2D eigenvalue weighted by atomic mass is 10.2. The first kappa shape index (κ1) is 12.0. The lowest BCUT2D eigenvalue weighted by Crippen LogP contribution is -1.97. The van der Waals surface area contributed by atoms with E-state index >= 15 is 0 Å². The van der Waals surface area contributed by atoms with Crippen LogP contribution in [0.25, 0.3) is 0 Å². The van der Waals surface area contributed by atoms with E-state index in [0.717, 1.165) is 5.56 Å². The average Bonchev–Trinajstić information content (AvgIpc) is 2.40. The quantitative estimate of drug-likeness (QED) is 0.658. The fourth-order valence-corrected chi connectivity index (χ4v) is 1.41. The van der Waals surface area contributed by atoms with E-state index in [2.05, 4.69) is 4.98 Å². The number of pyridine rings is 1. The first-order valence-corrected chi connectivity index (χ1v) is 5.27. The smallest absolute Gasteiger partial charge is 0.331 e. The molecule has 0 aliphatic rings. The predicted octanol–water partition coefficient (Wildman–Crippen LogP) is 2.24. The van der Waals surface area contributed by atoms with Crippen molar-refractivity contribution in [3.05, 3.63) is 58.3 Å². The molecule has 0 fully saturated rings. The highest BCUT2D eigenvalue weighted by atomic mass is 16.6. The van der Waals surface area contributed by atoms with Crippen LogP contribution in [0.5, 0.6) is 11.6 Å². The van der Waals surface area contributed by atoms with Crippen LogP contribution in [0.2, 0.25) is 0 Å². The predicted molar refractivity (Wildman–Crippen MR) is 65.3 cm³/mol. The normalized spacial score (nSPS) is 10.1. The summed E-state index contributed by atoms with van der Waals surface area (Å²) in [5.41, 5.74) is 6.26. The molecule has 2 N–H and O–H groups in total. The Morgan fingerprint density at radius 1 is 1.28 bits per heavy atom. The second kappa shape index (κ2) is 5.24. The molecule has 6 nitrogen and oxygen atoms in total. The van der Waals surface area contributed by atoms with Gasteiger partial charge in [-0.1, -0.05) is 12.1 Å². The summed E-state index contributed by atoms with van der Waals surface area (Å²) in [5, 5.41) is 10.8. The van der Waals surface area contributed by atoms with Crippen LogP contribution in [-0.4, -0.2) is 9.91 Å². The molecule has 0 radical (unpaired) electrons. The topological polar surface area (TPSA) is 91.3 Å². The molecule has 0 saturated heterocycles. The number of hydrogen-bond donors (Lipinski definition) is 1. The minimum atomic E-state index is -0.531. The maximum absolute atomic E-state index is 10.8. The summed E-state index contributed by atoms with van der Waals surface area (Å²) >= 11 is 0. The third-order valence-electron chi connectivity index (χ3n) is 2.32. The molecule has 0 saturated carbocycles. The van der Waals surface area contributed by atoms with E-state index < -0.39 is 4.92 Å². The number of ether oxygens (including phenoxy) is 1. The lowest BCUT2D eigenvalue weighted by Gasteiger charge is -2.05. The standard InChI is InChI=1S/C12H11N3O3/c13-8-9-3-5-10(6-4-9)18-12-11(15(16)17)2-1-7-14-12/h1-7H,8,13H2. The maximum atomic E-state index is 10.8. The van der Waals surface area contributed by atoms with Gasteiger partial charge >= 0.3 is 5.69 Å². The number of nitrogens with two attached hydrogens (primary N) is 1. The summed E-state index contributed by atoms with van der Waals surface area (Å²) in [7, 11) is 0. The van der Waals surface area contributed by atoms with Gasteiger partial charge in [-0.15, -0.1) is 0 Å². The summed E-state index contributed by atoms with van der Waals surface area (Å²) in [6, 6.07) is 9.81. The summed E-state index contributed by atoms with van der Waals surface area (Å²) < 4.78 is 5.38. The summed E-state index contributed by atoms with van der Waals surface area (Å²) in [4.78, 5) is 14.1. The number of rotatable bonds is 4. The minimum absolute atomic E-state index is 0.0250. The van der Waals surface area contributed by atoms with E-state index in [9.17, 15) is 10.1 Å². The number of hydrogen-bond acceptors (Lipinski definition) is 5. The van der Waals surface area contributed by atoms with Gasteiger partial charge < -0.3 is 10.5 Å². The van der Waals surface area contributed by atoms with Crippen LogP contribution in [0.3, 0.4) is 0 Å². The van der Waals surface area contributed by atoms with E-state index in [1.165, 1.54) is 18.3 Å². The number of nitro groups is 1. The molecule has 6 heteroatoms. The zero-order valence-electron chi connectivity index (χ0n) is 9.45. The fraction of sp³-hybridized carbons (Fsp3) is 0.0833. The van der Waals surface area contributed by atoms with E-state index in [4.69, 9.17) is 10.5 Å². The van der Waals surface area contributed by atoms with Gasteiger partial charge in [0, 0.05) is 18.8 Å². The van der Waals surface area contributed by atoms with Crippen LogP contribution in [0.15, 0.2) is 42.6 Å². The molecule has 0 unspecified atom stereocenters. The Hall–Kier alpha value is -2.47. The van der Waals surface area contributed by atoms with Crippen molar-refractivity contribution < 1.29 is 9.66 Å². The van der Waals surface area contributed by atoms with Crippen molar-refractivity contribution in [1.82, 2.24) is 4.98 Å². The van der Waals surface area contributed by atoms with Crippen molar-refractivity contribution in [1.29, 1.82) is 0 Å². The Kier molecular flexibility index (Phi) is 3.49. The van der Waals surface area contributed by atoms with E-state index in [-0.39, 0.29) is 11.6 Å². The molecular weight excluding hydrogens is 234 g/mol. The molecule has 0 atom stereocenters. The van der Waals surface area contributed by atoms with Gasteiger partial charge in [-0.3, -0.25) is 10.1 Å². The second-order valence-corrected chi connectivity index (χ2v) is 3.53. The molecule has 0 bridgehead atoms. The Morgan fingerprint density at radius 3 is 2.61 bits per heavy atom. The maximum Gasteiger partial charge on any atom is 0.331 e. The van der Waals surface area contributed by atoms with E-state index in [1.807, 2.05) is 0 Å². The molecule has 2 rings (SSSR count). The van der Waals surface area contributed by atoms with Crippen molar-refractivity contribution in [2.45, 2.75) is 6.54 Å². The number of nitrogens with zero attached hydrogens (tertiary/aromatic N) is 2. The highest BCUT2D eigenvalue weighted by Crippen LogP contribution is 2.28. The molecule has 0 aliphatic carbocycles. The van der Waals surface area contributed by atoms with Gasteiger partial charge in [0.1, 0.15) is 5.75 Å². The summed E-state index contributed by atoms with van der Waals surface area (Å²) in [6.07, 6.45) is 1.44. The van der Waals surface area contributed by atoms with Crippen LogP contribution < -0.4 is 10.5 Å². The third kappa shape index (κ3) is 2.61. The van der Waals surface area contributed by atoms with Crippen molar-refractivity contribution >= 4 is 5.69 Å². The molecule has 18 heavy (non-hydrogen) atoms. The summed E-state index contributed by atoms with van der Waals surface area (Å²) in [5.74, 6) is 0.456. The monoisotopic (exact) mass is 245 g/mol. The van der Waals surface area contributed by atoms with E-state index in [0.29, 0.717) is 12.3 Å². The van der Waals surface area contributed by atoms with Crippen LogP contribution in [0.4, 0.5) is 5.69 Å². The fourth-order valence-electron chi connectivity index (χ4n) is 1.41. The molecule has 0 aliphatic heterocycles. The Morgan fingerprint density at radius 2 is 2.00 bits per heavy atom. The molecule has 1 aromatic carbocycles. The Bertz CT molecular complexity index is 555. The molecule has 2 aromatic rings. The SMILES string of the molecule is NCc1ccc(Oc2ncccc2[N+](=O)[O-])cc1. The van der Waals surface area contributed by atoms with Gasteiger partial charge in [0.25, 0.3) is 5.88 Å². The molecule has 1 aromatic heterocycles. The highest BCUT2D eigenvalue weighted by Gasteiger charge is 2.16. The van der Waals surface area contributed by atoms with Gasteiger partial charge in [0.05, 0.1) is 4.92 Å². The largest absolute Gasteiger partial charge is 0.434 e. The van der Waals surface area contributed by atoms with Gasteiger partial charge in [0.2, 0.25) is 0 Å². The minimum Gasteiger partial charge on any atom is -0.434 e. The first-order valence-electron chi connectivity index (χ1n) is 5.27. The molecule has 0 spiro atoms. The zero-order chi connectivity index (χ0) is 13.0. The molecule has 0 amide bonds. The second-order valence-electron chi connectivity index (χ2n) is 3.53. The van der Waals surface area contributed by atoms with Crippen molar-refractivity contribution in [2.75, 3.05) is 0 Å². The Balaban J connectivity index is 2.25. The van der Waals surface area contributed by atoms with Gasteiger partial charge in [-0.2, -0.15) is 0 Å². The molecular formula is C12H11N3O3. The molecule has 1 heterocycles. The first-order chi connectivity index (χ1) is 8.70. The number of benzene rings is 1. The summed E-state index contributed by atoms with van der Waals surface area (Å²) in [6.45, 7) is 0.435. The molecule has 92 valence electrons. The van der Waals surface area contributed by atoms with Crippen LogP contribution in [-0.2, 0) is 6.54 Å². The number of aromatic nitrogens is 1. The average molecular weight is 245 g/mol. The van der Waals surface area contributed by atoms with Gasteiger partial charge in [0.15, 0.2) is 0 Å². The van der Waals surface area contributed by atoms with E-state index in [1.54, 1.807) is 24.3 Å². The van der Waals surface area contributed by atoms with Crippen molar-refractivity contribution in [3.63, 3.8) is 0 Å². The Labute approximate surface area is 103 Å². The zero-order valence-corrected chi connectivity index (χ0v) is 9.45.